The van der Waals surface area contributed by atoms with Crippen LogP contribution >= 0.6 is 0 Å². The summed E-state index contributed by atoms with van der Waals surface area (Å²) < 4.78 is 7.32. The van der Waals surface area contributed by atoms with Crippen LogP contribution in [-0.2, 0) is 11.2 Å². The number of nitrogen functional groups attached to an aromatic ring is 1. The molecule has 1 aromatic heterocycles. The molecule has 180 valence electrons. The van der Waals surface area contributed by atoms with Crippen molar-refractivity contribution in [2.24, 2.45) is 5.73 Å². The van der Waals surface area contributed by atoms with Gasteiger partial charge in [0.25, 0.3) is 0 Å². The van der Waals surface area contributed by atoms with Gasteiger partial charge in [0.2, 0.25) is 0 Å². The second kappa shape index (κ2) is 11.2. The molecule has 33 heavy (non-hydrogen) atoms. The second-order valence-corrected chi connectivity index (χ2v) is 8.26. The van der Waals surface area contributed by atoms with Gasteiger partial charge in [-0.1, -0.05) is 38.8 Å². The molecule has 8 N–H and O–H groups in total. The number of phenolic OH excluding ortho intramolecular Hbond substituents is 1. The predicted octanol–water partition coefficient (Wildman–Crippen LogP) is 2.63. The lowest BCUT2D eigenvalue weighted by Crippen LogP contribution is -2.24. The summed E-state index contributed by atoms with van der Waals surface area (Å²) in [5.74, 6) is 0.715. The van der Waals surface area contributed by atoms with Crippen molar-refractivity contribution < 1.29 is 20.1 Å². The summed E-state index contributed by atoms with van der Waals surface area (Å²) in [5.41, 5.74) is 7.44. The number of aliphatic hydroxyl groups excluding tert-OH is 2. The van der Waals surface area contributed by atoms with E-state index in [1.54, 1.807) is 10.6 Å². The highest BCUT2D eigenvalue weighted by Gasteiger charge is 2.36. The summed E-state index contributed by atoms with van der Waals surface area (Å²) in [6.45, 7) is 5.84. The fraction of sp³-hybridized carbons (Fsp3) is 0.478. The van der Waals surface area contributed by atoms with Gasteiger partial charge in [-0.3, -0.25) is 9.98 Å². The van der Waals surface area contributed by atoms with E-state index in [0.717, 1.165) is 24.8 Å². The van der Waals surface area contributed by atoms with Crippen molar-refractivity contribution in [2.75, 3.05) is 17.2 Å². The van der Waals surface area contributed by atoms with Crippen molar-refractivity contribution in [1.29, 1.82) is 5.41 Å². The summed E-state index contributed by atoms with van der Waals surface area (Å²) in [6, 6.07) is 5.41. The fourth-order valence-corrected chi connectivity index (χ4v) is 3.89. The quantitative estimate of drug-likeness (QED) is 0.145. The molecule has 2 heterocycles. The normalized spacial score (nSPS) is 20.0. The van der Waals surface area contributed by atoms with E-state index in [-0.39, 0.29) is 30.3 Å². The third-order valence-corrected chi connectivity index (χ3v) is 5.69. The molecule has 0 radical (unpaired) electrons. The number of aromatic hydroxyl groups is 1. The monoisotopic (exact) mass is 458 g/mol. The number of unbranched alkanes of at least 4 members (excludes halogenated alkanes) is 3. The van der Waals surface area contributed by atoms with Gasteiger partial charge in [0.15, 0.2) is 0 Å². The lowest BCUT2D eigenvalue weighted by atomic mass is 10.0. The molecule has 1 aliphatic rings. The van der Waals surface area contributed by atoms with Crippen molar-refractivity contribution in [1.82, 2.24) is 9.55 Å². The highest BCUT2D eigenvalue weighted by molar-refractivity contribution is 5.98. The van der Waals surface area contributed by atoms with Gasteiger partial charge in [-0.2, -0.15) is 0 Å². The van der Waals surface area contributed by atoms with Gasteiger partial charge in [-0.05, 0) is 24.5 Å². The van der Waals surface area contributed by atoms with Crippen LogP contribution in [0.5, 0.6) is 5.75 Å². The summed E-state index contributed by atoms with van der Waals surface area (Å²) in [5, 5.41) is 43.8. The zero-order chi connectivity index (χ0) is 24.0. The Labute approximate surface area is 193 Å². The number of ether oxygens (including phenoxy) is 1. The molecule has 1 aliphatic heterocycles. The number of nitrogens with one attached hydrogen (secondary N) is 3. The number of nitrogens with two attached hydrogens (primary N) is 1. The molecule has 1 aromatic carbocycles. The molecular formula is C23H34N6O4. The van der Waals surface area contributed by atoms with Crippen molar-refractivity contribution in [2.45, 2.75) is 63.9 Å². The molecule has 1 fully saturated rings. The molecule has 0 aliphatic carbocycles. The predicted molar refractivity (Wildman–Crippen MR) is 127 cm³/mol. The highest BCUT2D eigenvalue weighted by Crippen LogP contribution is 2.33. The van der Waals surface area contributed by atoms with Gasteiger partial charge >= 0.3 is 0 Å². The molecule has 0 amide bonds. The zero-order valence-corrected chi connectivity index (χ0v) is 18.9. The first-order chi connectivity index (χ1) is 15.8. The molecule has 0 bridgehead atoms. The van der Waals surface area contributed by atoms with Gasteiger partial charge in [0.05, 0.1) is 19.0 Å². The Morgan fingerprint density at radius 2 is 2.12 bits per heavy atom. The first-order valence-corrected chi connectivity index (χ1v) is 11.2. The Kier molecular flexibility index (Phi) is 8.32. The van der Waals surface area contributed by atoms with E-state index in [2.05, 4.69) is 29.1 Å². The molecule has 10 nitrogen and oxygen atoms in total. The second-order valence-electron chi connectivity index (χ2n) is 8.26. The maximum Gasteiger partial charge on any atom is 0.147 e. The summed E-state index contributed by atoms with van der Waals surface area (Å²) in [7, 11) is 0. The molecule has 1 saturated heterocycles. The largest absolute Gasteiger partial charge is 0.508 e. The van der Waals surface area contributed by atoms with E-state index in [1.807, 2.05) is 12.1 Å². The molecule has 0 saturated carbocycles. The van der Waals surface area contributed by atoms with Gasteiger partial charge in [0.1, 0.15) is 41.2 Å². The molecule has 0 unspecified atom stereocenters. The number of aromatic nitrogens is 2. The van der Waals surface area contributed by atoms with Crippen LogP contribution in [0.15, 0.2) is 36.9 Å². The fourth-order valence-electron chi connectivity index (χ4n) is 3.89. The van der Waals surface area contributed by atoms with E-state index >= 15 is 0 Å². The Bertz CT molecular complexity index is 976. The minimum atomic E-state index is -0.819. The number of nitrogens with zero attached hydrogens (tertiary/aromatic N) is 2. The number of hydrogen-bond donors (Lipinski definition) is 7. The van der Waals surface area contributed by atoms with Crippen LogP contribution in [-0.4, -0.2) is 49.5 Å². The van der Waals surface area contributed by atoms with Gasteiger partial charge in [0, 0.05) is 18.2 Å². The summed E-state index contributed by atoms with van der Waals surface area (Å²) in [6.07, 6.45) is 4.97. The number of aliphatic hydroxyl groups is 2. The van der Waals surface area contributed by atoms with E-state index in [1.165, 1.54) is 19.2 Å². The van der Waals surface area contributed by atoms with Crippen LogP contribution in [0.4, 0.5) is 11.5 Å². The van der Waals surface area contributed by atoms with Gasteiger partial charge < -0.3 is 36.4 Å². The van der Waals surface area contributed by atoms with Gasteiger partial charge in [-0.25, -0.2) is 4.98 Å². The summed E-state index contributed by atoms with van der Waals surface area (Å²) >= 11 is 0. The number of aryl methyl sites for hydroxylation is 1. The van der Waals surface area contributed by atoms with Crippen LogP contribution < -0.4 is 16.4 Å². The molecule has 3 rings (SSSR count). The lowest BCUT2D eigenvalue weighted by Gasteiger charge is -2.19. The van der Waals surface area contributed by atoms with Crippen LogP contribution in [0.2, 0.25) is 0 Å². The Morgan fingerprint density at radius 1 is 1.33 bits per heavy atom. The average Bonchev–Trinajstić information content (AvgIpc) is 3.35. The van der Waals surface area contributed by atoms with E-state index < -0.39 is 18.4 Å². The molecular weight excluding hydrogens is 424 g/mol. The number of hydrogen-bond acceptors (Lipinski definition) is 8. The van der Waals surface area contributed by atoms with Crippen molar-refractivity contribution in [3.63, 3.8) is 0 Å². The third-order valence-electron chi connectivity index (χ3n) is 5.69. The molecule has 10 heteroatoms. The smallest absolute Gasteiger partial charge is 0.147 e. The van der Waals surface area contributed by atoms with Crippen LogP contribution in [0.25, 0.3) is 0 Å². The Morgan fingerprint density at radius 3 is 2.76 bits per heavy atom. The number of phenols is 1. The maximum absolute atomic E-state index is 10.4. The van der Waals surface area contributed by atoms with Crippen LogP contribution in [0.3, 0.4) is 0 Å². The van der Waals surface area contributed by atoms with Gasteiger partial charge in [-0.15, -0.1) is 0 Å². The lowest BCUT2D eigenvalue weighted by molar-refractivity contribution is -0.0437. The van der Waals surface area contributed by atoms with Crippen LogP contribution in [0, 0.1) is 5.41 Å². The Balaban J connectivity index is 1.69. The van der Waals surface area contributed by atoms with E-state index in [4.69, 9.17) is 15.9 Å². The zero-order valence-electron chi connectivity index (χ0n) is 18.9. The highest BCUT2D eigenvalue weighted by atomic mass is 16.5. The number of benzene rings is 1. The number of rotatable bonds is 12. The molecule has 2 aromatic rings. The van der Waals surface area contributed by atoms with Crippen molar-refractivity contribution >= 4 is 17.3 Å². The average molecular weight is 459 g/mol. The maximum atomic E-state index is 10.4. The summed E-state index contributed by atoms with van der Waals surface area (Å²) in [4.78, 5) is 4.18. The topological polar surface area (TPSA) is 162 Å². The van der Waals surface area contributed by atoms with E-state index in [0.29, 0.717) is 17.3 Å². The minimum absolute atomic E-state index is 0.203. The van der Waals surface area contributed by atoms with E-state index in [9.17, 15) is 15.3 Å². The first-order valence-electron chi connectivity index (χ1n) is 11.2. The SMILES string of the molecule is C=C(Nc1ccc(CCCCCC)c(O)c1)Nc1c(C(=N)N)ncn1[C@H]1C[C@@H](O)[C@@H](CO)O1. The first kappa shape index (κ1) is 24.6. The number of anilines is 2. The Hall–Kier alpha value is -3.08. The number of amidine groups is 1. The van der Waals surface area contributed by atoms with Crippen molar-refractivity contribution in [3.8, 4) is 5.75 Å². The molecule has 3 atom stereocenters. The van der Waals surface area contributed by atoms with Crippen LogP contribution in [0.1, 0.15) is 56.5 Å². The standard InChI is InChI=1S/C23H34N6O4/c1-3-4-5-6-7-15-8-9-16(10-17(15)31)27-14(2)28-23-21(22(24)25)26-13-29(23)20-11-18(32)19(12-30)33-20/h8-10,13,18-20,27-28,30-32H,2-7,11-12H2,1H3,(H3,24,25)/t18-,19-,20-/m1/s1. The number of imidazole rings is 1. The molecule has 0 spiro atoms. The van der Waals surface area contributed by atoms with Crippen molar-refractivity contribution in [3.05, 3.63) is 48.2 Å². The third kappa shape index (κ3) is 6.04. The minimum Gasteiger partial charge on any atom is -0.508 e.